The molecule has 2 aromatic rings. The first-order chi connectivity index (χ1) is 13.7. The van der Waals surface area contributed by atoms with Crippen LogP contribution < -0.4 is 0 Å². The molecule has 1 aliphatic rings. The van der Waals surface area contributed by atoms with Gasteiger partial charge in [-0.3, -0.25) is 0 Å². The molecule has 1 atom stereocenters. The summed E-state index contributed by atoms with van der Waals surface area (Å²) in [6.07, 6.45) is 1.69. The van der Waals surface area contributed by atoms with Crippen molar-refractivity contribution in [1.82, 2.24) is 14.3 Å². The highest BCUT2D eigenvalue weighted by molar-refractivity contribution is 5.89. The van der Waals surface area contributed by atoms with Gasteiger partial charge in [0.15, 0.2) is 5.69 Å². The van der Waals surface area contributed by atoms with Gasteiger partial charge >= 0.3 is 12.1 Å². The molecule has 0 unspecified atom stereocenters. The van der Waals surface area contributed by atoms with Gasteiger partial charge in [-0.25, -0.2) is 14.6 Å². The summed E-state index contributed by atoms with van der Waals surface area (Å²) in [5.41, 5.74) is 2.18. The van der Waals surface area contributed by atoms with Gasteiger partial charge < -0.3 is 23.5 Å². The van der Waals surface area contributed by atoms with Crippen LogP contribution in [-0.4, -0.2) is 64.4 Å². The van der Waals surface area contributed by atoms with Gasteiger partial charge in [0.1, 0.15) is 11.2 Å². The molecule has 158 valence electrons. The van der Waals surface area contributed by atoms with Crippen molar-refractivity contribution in [1.29, 1.82) is 0 Å². The minimum Gasteiger partial charge on any atom is -0.461 e. The fourth-order valence-corrected chi connectivity index (χ4v) is 3.31. The third-order valence-electron chi connectivity index (χ3n) is 4.56. The van der Waals surface area contributed by atoms with Crippen molar-refractivity contribution in [3.63, 3.8) is 0 Å². The maximum atomic E-state index is 12.5. The average molecular weight is 403 g/mol. The zero-order valence-electron chi connectivity index (χ0n) is 17.7. The smallest absolute Gasteiger partial charge is 0.410 e. The molecule has 0 aromatic carbocycles. The summed E-state index contributed by atoms with van der Waals surface area (Å²) < 4.78 is 18.4. The molecule has 0 aliphatic carbocycles. The van der Waals surface area contributed by atoms with Gasteiger partial charge in [0.2, 0.25) is 0 Å². The highest BCUT2D eigenvalue weighted by Crippen LogP contribution is 2.21. The molecule has 1 aliphatic heterocycles. The molecular formula is C21H29N3O5. The van der Waals surface area contributed by atoms with Crippen LogP contribution in [-0.2, 0) is 20.6 Å². The molecule has 0 saturated carbocycles. The molecule has 0 radical (unpaired) electrons. The van der Waals surface area contributed by atoms with E-state index >= 15 is 0 Å². The van der Waals surface area contributed by atoms with Crippen molar-refractivity contribution in [3.8, 4) is 0 Å². The number of ether oxygens (including phenoxy) is 3. The number of rotatable bonds is 4. The van der Waals surface area contributed by atoms with Crippen LogP contribution >= 0.6 is 0 Å². The van der Waals surface area contributed by atoms with E-state index < -0.39 is 11.6 Å². The van der Waals surface area contributed by atoms with E-state index in [-0.39, 0.29) is 24.5 Å². The van der Waals surface area contributed by atoms with Crippen LogP contribution in [0, 0.1) is 6.92 Å². The van der Waals surface area contributed by atoms with E-state index in [0.717, 1.165) is 11.3 Å². The number of imidazole rings is 1. The predicted octanol–water partition coefficient (Wildman–Crippen LogP) is 3.00. The lowest BCUT2D eigenvalue weighted by Crippen LogP contribution is -2.48. The van der Waals surface area contributed by atoms with Crippen molar-refractivity contribution in [2.24, 2.45) is 0 Å². The molecule has 1 saturated heterocycles. The summed E-state index contributed by atoms with van der Waals surface area (Å²) in [7, 11) is 0. The number of pyridine rings is 1. The Morgan fingerprint density at radius 2 is 2.10 bits per heavy atom. The largest absolute Gasteiger partial charge is 0.461 e. The zero-order valence-corrected chi connectivity index (χ0v) is 17.7. The molecule has 8 heteroatoms. The molecule has 1 fully saturated rings. The molecule has 0 bridgehead atoms. The number of nitrogens with zero attached hydrogens (tertiary/aromatic N) is 3. The number of carbonyl (C=O) groups is 2. The second kappa shape index (κ2) is 8.41. The number of morpholine rings is 1. The number of hydrogen-bond acceptors (Lipinski definition) is 6. The highest BCUT2D eigenvalue weighted by atomic mass is 16.6. The lowest BCUT2D eigenvalue weighted by atomic mass is 10.1. The Balaban J connectivity index is 1.84. The van der Waals surface area contributed by atoms with E-state index in [9.17, 15) is 9.59 Å². The Morgan fingerprint density at radius 1 is 1.34 bits per heavy atom. The fourth-order valence-electron chi connectivity index (χ4n) is 3.31. The first kappa shape index (κ1) is 21.1. The minimum atomic E-state index is -0.554. The zero-order chi connectivity index (χ0) is 21.2. The molecule has 0 spiro atoms. The van der Waals surface area contributed by atoms with E-state index in [1.807, 2.05) is 50.4 Å². The molecule has 3 heterocycles. The number of fused-ring (bicyclic) bond motifs is 1. The van der Waals surface area contributed by atoms with Crippen molar-refractivity contribution >= 4 is 17.7 Å². The summed E-state index contributed by atoms with van der Waals surface area (Å²) in [4.78, 5) is 31.0. The van der Waals surface area contributed by atoms with Gasteiger partial charge in [-0.15, -0.1) is 0 Å². The monoisotopic (exact) mass is 403 g/mol. The highest BCUT2D eigenvalue weighted by Gasteiger charge is 2.30. The van der Waals surface area contributed by atoms with E-state index in [1.54, 1.807) is 11.8 Å². The maximum absolute atomic E-state index is 12.5. The predicted molar refractivity (Wildman–Crippen MR) is 107 cm³/mol. The fraction of sp³-hybridized carbons (Fsp3) is 0.571. The van der Waals surface area contributed by atoms with Gasteiger partial charge in [0, 0.05) is 19.2 Å². The average Bonchev–Trinajstić information content (AvgIpc) is 2.98. The van der Waals surface area contributed by atoms with Crippen LogP contribution in [0.2, 0.25) is 0 Å². The van der Waals surface area contributed by atoms with E-state index in [2.05, 4.69) is 4.98 Å². The van der Waals surface area contributed by atoms with Gasteiger partial charge in [-0.05, 0) is 52.3 Å². The van der Waals surface area contributed by atoms with Crippen LogP contribution in [0.25, 0.3) is 5.65 Å². The molecule has 1 amide bonds. The number of hydrogen-bond donors (Lipinski definition) is 0. The number of aromatic nitrogens is 2. The molecule has 8 nitrogen and oxygen atoms in total. The van der Waals surface area contributed by atoms with Gasteiger partial charge in [-0.2, -0.15) is 0 Å². The first-order valence-corrected chi connectivity index (χ1v) is 9.92. The summed E-state index contributed by atoms with van der Waals surface area (Å²) >= 11 is 0. The van der Waals surface area contributed by atoms with Crippen LogP contribution in [0.4, 0.5) is 4.79 Å². The van der Waals surface area contributed by atoms with E-state index in [4.69, 9.17) is 14.2 Å². The van der Waals surface area contributed by atoms with Gasteiger partial charge in [0.25, 0.3) is 0 Å². The Labute approximate surface area is 170 Å². The lowest BCUT2D eigenvalue weighted by Gasteiger charge is -2.34. The topological polar surface area (TPSA) is 82.4 Å². The standard InChI is InChI=1S/C21H29N3O5/c1-6-27-19(25)18-16(24-8-7-14(2)11-17(24)22-18)12-15-13-23(9-10-28-15)20(26)29-21(3,4)5/h7-8,11,15H,6,9-10,12-13H2,1-5H3/t15-/m0/s1. The number of amides is 1. The van der Waals surface area contributed by atoms with Crippen molar-refractivity contribution in [3.05, 3.63) is 35.3 Å². The van der Waals surface area contributed by atoms with Crippen molar-refractivity contribution < 1.29 is 23.8 Å². The van der Waals surface area contributed by atoms with Gasteiger partial charge in [0.05, 0.1) is 31.6 Å². The number of aryl methyl sites for hydroxylation is 1. The second-order valence-corrected chi connectivity index (χ2v) is 8.18. The Bertz CT molecular complexity index is 900. The first-order valence-electron chi connectivity index (χ1n) is 9.92. The lowest BCUT2D eigenvalue weighted by molar-refractivity contribution is -0.0419. The quantitative estimate of drug-likeness (QED) is 0.730. The second-order valence-electron chi connectivity index (χ2n) is 8.18. The Kier molecular flexibility index (Phi) is 6.12. The van der Waals surface area contributed by atoms with Crippen LogP contribution in [0.1, 0.15) is 49.4 Å². The summed E-state index contributed by atoms with van der Waals surface area (Å²) in [6.45, 7) is 10.8. The van der Waals surface area contributed by atoms with Crippen LogP contribution in [0.3, 0.4) is 0 Å². The summed E-state index contributed by atoms with van der Waals surface area (Å²) in [5.74, 6) is -0.455. The summed E-state index contributed by atoms with van der Waals surface area (Å²) in [6, 6.07) is 3.88. The SMILES string of the molecule is CCOC(=O)c1nc2cc(C)ccn2c1C[C@H]1CN(C(=O)OC(C)(C)C)CCO1. The molecule has 2 aromatic heterocycles. The number of esters is 1. The maximum Gasteiger partial charge on any atom is 0.410 e. The van der Waals surface area contributed by atoms with Crippen molar-refractivity contribution in [2.75, 3.05) is 26.3 Å². The van der Waals surface area contributed by atoms with Crippen molar-refractivity contribution in [2.45, 2.75) is 52.7 Å². The van der Waals surface area contributed by atoms with Crippen LogP contribution in [0.5, 0.6) is 0 Å². The minimum absolute atomic E-state index is 0.273. The molecule has 29 heavy (non-hydrogen) atoms. The molecule has 3 rings (SSSR count). The summed E-state index contributed by atoms with van der Waals surface area (Å²) in [5, 5.41) is 0. The Hall–Kier alpha value is -2.61. The van der Waals surface area contributed by atoms with Gasteiger partial charge in [-0.1, -0.05) is 0 Å². The Morgan fingerprint density at radius 3 is 2.79 bits per heavy atom. The van der Waals surface area contributed by atoms with Crippen LogP contribution in [0.15, 0.2) is 18.3 Å². The van der Waals surface area contributed by atoms with E-state index in [0.29, 0.717) is 31.8 Å². The third kappa shape index (κ3) is 5.06. The normalized spacial score (nSPS) is 17.4. The number of carbonyl (C=O) groups excluding carboxylic acids is 2. The molecular weight excluding hydrogens is 374 g/mol. The molecule has 0 N–H and O–H groups in total. The van der Waals surface area contributed by atoms with E-state index in [1.165, 1.54) is 0 Å². The third-order valence-corrected chi connectivity index (χ3v) is 4.56.